The Morgan fingerprint density at radius 3 is 2.94 bits per heavy atom. The van der Waals surface area contributed by atoms with Crippen molar-refractivity contribution in [1.29, 1.82) is 0 Å². The van der Waals surface area contributed by atoms with Gasteiger partial charge in [0, 0.05) is 5.92 Å². The third kappa shape index (κ3) is 1.76. The van der Waals surface area contributed by atoms with Crippen molar-refractivity contribution in [3.63, 3.8) is 0 Å². The quantitative estimate of drug-likeness (QED) is 0.848. The van der Waals surface area contributed by atoms with Gasteiger partial charge in [0.25, 0.3) is 0 Å². The van der Waals surface area contributed by atoms with Crippen LogP contribution in [0, 0.1) is 5.92 Å². The van der Waals surface area contributed by atoms with Gasteiger partial charge in [-0.2, -0.15) is 0 Å². The molecule has 2 heterocycles. The lowest BCUT2D eigenvalue weighted by Gasteiger charge is -2.23. The first-order valence-corrected chi connectivity index (χ1v) is 6.42. The van der Waals surface area contributed by atoms with Crippen LogP contribution in [0.15, 0.2) is 22.8 Å². The number of ketones is 1. The topological polar surface area (TPSA) is 69.1 Å². The van der Waals surface area contributed by atoms with E-state index < -0.39 is 0 Å². The van der Waals surface area contributed by atoms with Crippen LogP contribution in [0.25, 0.3) is 11.5 Å². The van der Waals surface area contributed by atoms with Crippen LogP contribution in [0.5, 0.6) is 0 Å². The predicted molar refractivity (Wildman–Crippen MR) is 65.9 cm³/mol. The third-order valence-corrected chi connectivity index (χ3v) is 4.00. The van der Waals surface area contributed by atoms with Crippen molar-refractivity contribution in [3.8, 4) is 11.5 Å². The highest BCUT2D eigenvalue weighted by atomic mass is 32.1. The standard InChI is InChI=1S/C12H12N2O2S/c13-12-14-9(8-5-2-6-16-8)11(17-12)10(15)7-3-1-4-7/h2,5-7H,1,3-4H2,(H2,13,14). The third-order valence-electron chi connectivity index (χ3n) is 3.10. The molecule has 1 aliphatic rings. The maximum Gasteiger partial charge on any atom is 0.181 e. The van der Waals surface area contributed by atoms with Crippen LogP contribution in [-0.4, -0.2) is 10.8 Å². The van der Waals surface area contributed by atoms with Crippen LogP contribution >= 0.6 is 11.3 Å². The lowest BCUT2D eigenvalue weighted by Crippen LogP contribution is -2.21. The second-order valence-electron chi connectivity index (χ2n) is 4.20. The summed E-state index contributed by atoms with van der Waals surface area (Å²) in [7, 11) is 0. The van der Waals surface area contributed by atoms with E-state index in [1.807, 2.05) is 0 Å². The van der Waals surface area contributed by atoms with E-state index in [1.54, 1.807) is 18.4 Å². The number of rotatable bonds is 3. The van der Waals surface area contributed by atoms with Gasteiger partial charge in [0.05, 0.1) is 6.26 Å². The van der Waals surface area contributed by atoms with E-state index >= 15 is 0 Å². The maximum atomic E-state index is 12.2. The van der Waals surface area contributed by atoms with E-state index in [1.165, 1.54) is 11.3 Å². The number of aromatic nitrogens is 1. The van der Waals surface area contributed by atoms with Crippen LogP contribution < -0.4 is 5.73 Å². The highest BCUT2D eigenvalue weighted by Crippen LogP contribution is 2.36. The SMILES string of the molecule is Nc1nc(-c2ccco2)c(C(=O)C2CCC2)s1. The van der Waals surface area contributed by atoms with E-state index in [-0.39, 0.29) is 11.7 Å². The van der Waals surface area contributed by atoms with Gasteiger partial charge in [-0.25, -0.2) is 4.98 Å². The summed E-state index contributed by atoms with van der Waals surface area (Å²) >= 11 is 1.26. The highest BCUT2D eigenvalue weighted by molar-refractivity contribution is 7.17. The van der Waals surface area contributed by atoms with E-state index in [0.717, 1.165) is 19.3 Å². The number of furan rings is 1. The second-order valence-corrected chi connectivity index (χ2v) is 5.23. The minimum Gasteiger partial charge on any atom is -0.463 e. The molecular formula is C12H12N2O2S. The lowest BCUT2D eigenvalue weighted by atomic mass is 9.81. The van der Waals surface area contributed by atoms with Gasteiger partial charge in [0.2, 0.25) is 0 Å². The molecule has 0 atom stereocenters. The molecule has 0 amide bonds. The van der Waals surface area contributed by atoms with Crippen molar-refractivity contribution in [1.82, 2.24) is 4.98 Å². The Kier molecular flexibility index (Phi) is 2.48. The fraction of sp³-hybridized carbons (Fsp3) is 0.333. The Balaban J connectivity index is 2.01. The number of hydrogen-bond acceptors (Lipinski definition) is 5. The molecule has 0 spiro atoms. The number of Topliss-reactive ketones (excluding diaryl/α,β-unsaturated/α-hetero) is 1. The van der Waals surface area contributed by atoms with Gasteiger partial charge >= 0.3 is 0 Å². The molecule has 0 saturated heterocycles. The second kappa shape index (κ2) is 4.00. The molecule has 4 nitrogen and oxygen atoms in total. The molecule has 3 rings (SSSR count). The van der Waals surface area contributed by atoms with Crippen molar-refractivity contribution < 1.29 is 9.21 Å². The Morgan fingerprint density at radius 1 is 1.53 bits per heavy atom. The number of nitrogens with zero attached hydrogens (tertiary/aromatic N) is 1. The summed E-state index contributed by atoms with van der Waals surface area (Å²) in [5.74, 6) is 0.932. The Bertz CT molecular complexity index is 541. The fourth-order valence-electron chi connectivity index (χ4n) is 1.94. The van der Waals surface area contributed by atoms with Crippen molar-refractivity contribution in [3.05, 3.63) is 23.3 Å². The number of carbonyl (C=O) groups is 1. The molecule has 88 valence electrons. The first-order chi connectivity index (χ1) is 8.25. The number of nitrogen functional groups attached to an aromatic ring is 1. The minimum absolute atomic E-state index is 0.156. The molecule has 2 aromatic heterocycles. The van der Waals surface area contributed by atoms with Gasteiger partial charge in [-0.1, -0.05) is 17.8 Å². The minimum atomic E-state index is 0.156. The van der Waals surface area contributed by atoms with E-state index in [0.29, 0.717) is 21.5 Å². The number of nitrogens with two attached hydrogens (primary N) is 1. The Morgan fingerprint density at radius 2 is 2.35 bits per heavy atom. The Labute approximate surface area is 102 Å². The molecule has 1 aliphatic carbocycles. The molecule has 17 heavy (non-hydrogen) atoms. The van der Waals surface area contributed by atoms with Gasteiger partial charge in [-0.15, -0.1) is 0 Å². The van der Waals surface area contributed by atoms with Crippen LogP contribution in [0.2, 0.25) is 0 Å². The zero-order valence-corrected chi connectivity index (χ0v) is 10.00. The first-order valence-electron chi connectivity index (χ1n) is 5.60. The summed E-state index contributed by atoms with van der Waals surface area (Å²) in [6.07, 6.45) is 4.67. The van der Waals surface area contributed by atoms with Gasteiger partial charge < -0.3 is 10.2 Å². The van der Waals surface area contributed by atoms with E-state index in [4.69, 9.17) is 10.2 Å². The molecule has 0 aliphatic heterocycles. The average Bonchev–Trinajstić information content (AvgIpc) is 2.82. The maximum absolute atomic E-state index is 12.2. The zero-order valence-electron chi connectivity index (χ0n) is 9.18. The van der Waals surface area contributed by atoms with Crippen molar-refractivity contribution in [2.45, 2.75) is 19.3 Å². The van der Waals surface area contributed by atoms with Gasteiger partial charge in [0.1, 0.15) is 10.6 Å². The van der Waals surface area contributed by atoms with Gasteiger partial charge in [-0.05, 0) is 25.0 Å². The largest absolute Gasteiger partial charge is 0.463 e. The molecule has 0 bridgehead atoms. The molecule has 0 radical (unpaired) electrons. The molecular weight excluding hydrogens is 236 g/mol. The van der Waals surface area contributed by atoms with E-state index in [2.05, 4.69) is 4.98 Å². The molecule has 1 fully saturated rings. The van der Waals surface area contributed by atoms with Crippen LogP contribution in [0.4, 0.5) is 5.13 Å². The van der Waals surface area contributed by atoms with Crippen LogP contribution in [-0.2, 0) is 0 Å². The highest BCUT2D eigenvalue weighted by Gasteiger charge is 2.30. The van der Waals surface area contributed by atoms with Crippen molar-refractivity contribution >= 4 is 22.3 Å². The van der Waals surface area contributed by atoms with Gasteiger partial charge in [0.15, 0.2) is 16.7 Å². The molecule has 1 saturated carbocycles. The summed E-state index contributed by atoms with van der Waals surface area (Å²) in [5, 5.41) is 0.416. The normalized spacial score (nSPS) is 15.8. The van der Waals surface area contributed by atoms with Crippen LogP contribution in [0.1, 0.15) is 28.9 Å². The summed E-state index contributed by atoms with van der Waals surface area (Å²) in [6.45, 7) is 0. The molecule has 0 unspecified atom stereocenters. The first kappa shape index (κ1) is 10.5. The summed E-state index contributed by atoms with van der Waals surface area (Å²) < 4.78 is 5.29. The van der Waals surface area contributed by atoms with Crippen LogP contribution in [0.3, 0.4) is 0 Å². The summed E-state index contributed by atoms with van der Waals surface area (Å²) in [4.78, 5) is 17.1. The average molecular weight is 248 g/mol. The lowest BCUT2D eigenvalue weighted by molar-refractivity contribution is 0.0860. The van der Waals surface area contributed by atoms with Crippen molar-refractivity contribution in [2.24, 2.45) is 5.92 Å². The number of hydrogen-bond donors (Lipinski definition) is 1. The number of anilines is 1. The number of thiazole rings is 1. The Hall–Kier alpha value is -1.62. The molecule has 2 aromatic rings. The summed E-state index contributed by atoms with van der Waals surface area (Å²) in [5.41, 5.74) is 6.29. The predicted octanol–water partition coefficient (Wildman–Crippen LogP) is 2.97. The molecule has 0 aromatic carbocycles. The molecule has 2 N–H and O–H groups in total. The smallest absolute Gasteiger partial charge is 0.181 e. The molecule has 5 heteroatoms. The zero-order chi connectivity index (χ0) is 11.8. The number of carbonyl (C=O) groups excluding carboxylic acids is 1. The van der Waals surface area contributed by atoms with Gasteiger partial charge in [-0.3, -0.25) is 4.79 Å². The van der Waals surface area contributed by atoms with Crippen molar-refractivity contribution in [2.75, 3.05) is 5.73 Å². The van der Waals surface area contributed by atoms with E-state index in [9.17, 15) is 4.79 Å². The monoisotopic (exact) mass is 248 g/mol. The summed E-state index contributed by atoms with van der Waals surface area (Å²) in [6, 6.07) is 3.58. The fourth-order valence-corrected chi connectivity index (χ4v) is 2.80.